The Hall–Kier alpha value is -4.79. The average Bonchev–Trinajstić information content (AvgIpc) is 2.92. The van der Waals surface area contributed by atoms with Gasteiger partial charge >= 0.3 is 6.18 Å². The van der Waals surface area contributed by atoms with Crippen LogP contribution in [-0.4, -0.2) is 15.9 Å². The molecule has 0 spiro atoms. The van der Waals surface area contributed by atoms with Crippen LogP contribution in [0.4, 0.5) is 17.6 Å². The highest BCUT2D eigenvalue weighted by Crippen LogP contribution is 2.32. The van der Waals surface area contributed by atoms with Crippen LogP contribution < -0.4 is 10.3 Å². The summed E-state index contributed by atoms with van der Waals surface area (Å²) in [4.78, 5) is 17.8. The van der Waals surface area contributed by atoms with Crippen LogP contribution in [0.15, 0.2) is 107 Å². The van der Waals surface area contributed by atoms with Crippen LogP contribution in [0.25, 0.3) is 22.3 Å². The SMILES string of the molecule is O=c1c2ccccc2nc(-c2cccc(C(F)(F)F)c2)n1N=Cc1ccccc1OCc1ccc(F)cc1. The van der Waals surface area contributed by atoms with E-state index in [1.807, 2.05) is 0 Å². The molecule has 1 aromatic heterocycles. The summed E-state index contributed by atoms with van der Waals surface area (Å²) in [5.41, 5.74) is 0.279. The Morgan fingerprint density at radius 2 is 1.63 bits per heavy atom. The van der Waals surface area contributed by atoms with Crippen LogP contribution in [0.3, 0.4) is 0 Å². The highest BCUT2D eigenvalue weighted by molar-refractivity contribution is 5.84. The number of hydrogen-bond acceptors (Lipinski definition) is 4. The van der Waals surface area contributed by atoms with Crippen molar-refractivity contribution in [2.45, 2.75) is 12.8 Å². The molecule has 0 unspecified atom stereocenters. The van der Waals surface area contributed by atoms with Crippen LogP contribution in [0.5, 0.6) is 5.75 Å². The summed E-state index contributed by atoms with van der Waals surface area (Å²) in [6, 6.07) is 23.9. The Morgan fingerprint density at radius 3 is 2.42 bits per heavy atom. The molecule has 0 fully saturated rings. The largest absolute Gasteiger partial charge is 0.488 e. The summed E-state index contributed by atoms with van der Waals surface area (Å²) in [6.07, 6.45) is -3.18. The van der Waals surface area contributed by atoms with E-state index in [1.54, 1.807) is 60.7 Å². The number of aromatic nitrogens is 2. The molecule has 0 aliphatic carbocycles. The van der Waals surface area contributed by atoms with Gasteiger partial charge in [0, 0.05) is 11.1 Å². The number of halogens is 4. The molecule has 0 amide bonds. The minimum Gasteiger partial charge on any atom is -0.488 e. The van der Waals surface area contributed by atoms with E-state index in [0.29, 0.717) is 16.8 Å². The molecule has 5 nitrogen and oxygen atoms in total. The second kappa shape index (κ2) is 10.3. The third-order valence-electron chi connectivity index (χ3n) is 5.74. The van der Waals surface area contributed by atoms with Gasteiger partial charge in [0.1, 0.15) is 18.2 Å². The first-order valence-electron chi connectivity index (χ1n) is 11.5. The van der Waals surface area contributed by atoms with E-state index < -0.39 is 17.3 Å². The summed E-state index contributed by atoms with van der Waals surface area (Å²) in [7, 11) is 0. The fourth-order valence-corrected chi connectivity index (χ4v) is 3.83. The van der Waals surface area contributed by atoms with E-state index in [9.17, 15) is 22.4 Å². The van der Waals surface area contributed by atoms with Gasteiger partial charge in [-0.05, 0) is 54.1 Å². The third-order valence-corrected chi connectivity index (χ3v) is 5.74. The molecule has 0 N–H and O–H groups in total. The number of ether oxygens (including phenoxy) is 1. The van der Waals surface area contributed by atoms with Gasteiger partial charge in [0.2, 0.25) is 0 Å². The van der Waals surface area contributed by atoms with Crippen LogP contribution in [-0.2, 0) is 12.8 Å². The summed E-state index contributed by atoms with van der Waals surface area (Å²) in [5, 5.41) is 4.59. The number of rotatable bonds is 6. The summed E-state index contributed by atoms with van der Waals surface area (Å²) in [5.74, 6) is 0.0519. The molecule has 0 atom stereocenters. The first kappa shape index (κ1) is 24.9. The first-order valence-corrected chi connectivity index (χ1v) is 11.5. The highest BCUT2D eigenvalue weighted by atomic mass is 19.4. The van der Waals surface area contributed by atoms with Crippen LogP contribution >= 0.6 is 0 Å². The van der Waals surface area contributed by atoms with E-state index in [0.717, 1.165) is 22.4 Å². The molecular formula is C29H19F4N3O2. The zero-order valence-corrected chi connectivity index (χ0v) is 19.7. The quantitative estimate of drug-likeness (QED) is 0.186. The Kier molecular flexibility index (Phi) is 6.74. The monoisotopic (exact) mass is 517 g/mol. The number of nitrogens with zero attached hydrogens (tertiary/aromatic N) is 3. The number of para-hydroxylation sites is 2. The molecule has 38 heavy (non-hydrogen) atoms. The fraction of sp³-hybridized carbons (Fsp3) is 0.0690. The van der Waals surface area contributed by atoms with Crippen molar-refractivity contribution in [3.8, 4) is 17.1 Å². The van der Waals surface area contributed by atoms with E-state index in [4.69, 9.17) is 4.74 Å². The van der Waals surface area contributed by atoms with Crippen molar-refractivity contribution in [1.82, 2.24) is 9.66 Å². The Balaban J connectivity index is 1.56. The molecule has 9 heteroatoms. The normalized spacial score (nSPS) is 11.8. The van der Waals surface area contributed by atoms with Crippen molar-refractivity contribution in [3.63, 3.8) is 0 Å². The minimum absolute atomic E-state index is 0.0410. The Morgan fingerprint density at radius 1 is 0.895 bits per heavy atom. The van der Waals surface area contributed by atoms with Gasteiger partial charge in [-0.1, -0.05) is 48.5 Å². The lowest BCUT2D eigenvalue weighted by atomic mass is 10.1. The lowest BCUT2D eigenvalue weighted by Gasteiger charge is -2.12. The third kappa shape index (κ3) is 5.31. The van der Waals surface area contributed by atoms with E-state index in [2.05, 4.69) is 10.1 Å². The maximum atomic E-state index is 13.4. The molecule has 0 aliphatic heterocycles. The molecule has 5 rings (SSSR count). The standard InChI is InChI=1S/C29H19F4N3O2/c30-23-14-12-19(13-15-23)18-38-26-11-4-1-6-21(26)17-34-36-27(20-7-5-8-22(16-20)29(31,32)33)35-25-10-3-2-9-24(25)28(36)37/h1-17H,18H2. The number of alkyl halides is 3. The molecule has 4 aromatic carbocycles. The topological polar surface area (TPSA) is 56.5 Å². The average molecular weight is 517 g/mol. The number of fused-ring (bicyclic) bond motifs is 1. The summed E-state index contributed by atoms with van der Waals surface area (Å²) in [6.45, 7) is 0.165. The van der Waals surface area contributed by atoms with Crippen LogP contribution in [0, 0.1) is 5.82 Å². The van der Waals surface area contributed by atoms with Crippen molar-refractivity contribution < 1.29 is 22.3 Å². The Bertz CT molecular complexity index is 1690. The van der Waals surface area contributed by atoms with Gasteiger partial charge in [-0.3, -0.25) is 4.79 Å². The Labute approximate surface area is 214 Å². The molecule has 0 saturated carbocycles. The highest BCUT2D eigenvalue weighted by Gasteiger charge is 2.31. The zero-order chi connectivity index (χ0) is 26.7. The van der Waals surface area contributed by atoms with Gasteiger partial charge in [0.25, 0.3) is 5.56 Å². The van der Waals surface area contributed by atoms with Gasteiger partial charge in [-0.25, -0.2) is 9.37 Å². The molecule has 5 aromatic rings. The predicted molar refractivity (Wildman–Crippen MR) is 137 cm³/mol. The summed E-state index contributed by atoms with van der Waals surface area (Å²) < 4.78 is 60.2. The van der Waals surface area contributed by atoms with E-state index >= 15 is 0 Å². The van der Waals surface area contributed by atoms with Gasteiger partial charge in [-0.15, -0.1) is 0 Å². The minimum atomic E-state index is -4.57. The molecule has 0 bridgehead atoms. The molecule has 0 aliphatic rings. The lowest BCUT2D eigenvalue weighted by Crippen LogP contribution is -2.20. The number of hydrogen-bond donors (Lipinski definition) is 0. The predicted octanol–water partition coefficient (Wildman–Crippen LogP) is 6.68. The molecule has 1 heterocycles. The van der Waals surface area contributed by atoms with Crippen molar-refractivity contribution in [2.75, 3.05) is 0 Å². The molecule has 0 radical (unpaired) electrons. The molecular weight excluding hydrogens is 498 g/mol. The van der Waals surface area contributed by atoms with E-state index in [-0.39, 0.29) is 29.2 Å². The first-order chi connectivity index (χ1) is 18.3. The second-order valence-corrected chi connectivity index (χ2v) is 8.35. The van der Waals surface area contributed by atoms with Crippen LogP contribution in [0.1, 0.15) is 16.7 Å². The summed E-state index contributed by atoms with van der Waals surface area (Å²) >= 11 is 0. The van der Waals surface area contributed by atoms with Gasteiger partial charge < -0.3 is 4.74 Å². The molecule has 190 valence electrons. The fourth-order valence-electron chi connectivity index (χ4n) is 3.83. The van der Waals surface area contributed by atoms with Crippen LogP contribution in [0.2, 0.25) is 0 Å². The van der Waals surface area contributed by atoms with Gasteiger partial charge in [0.05, 0.1) is 22.7 Å². The number of benzene rings is 4. The zero-order valence-electron chi connectivity index (χ0n) is 19.7. The van der Waals surface area contributed by atoms with Crippen molar-refractivity contribution in [1.29, 1.82) is 0 Å². The second-order valence-electron chi connectivity index (χ2n) is 8.35. The van der Waals surface area contributed by atoms with Crippen molar-refractivity contribution in [3.05, 3.63) is 130 Å². The van der Waals surface area contributed by atoms with E-state index in [1.165, 1.54) is 30.5 Å². The van der Waals surface area contributed by atoms with Crippen molar-refractivity contribution in [2.24, 2.45) is 5.10 Å². The molecule has 0 saturated heterocycles. The van der Waals surface area contributed by atoms with Crippen molar-refractivity contribution >= 4 is 17.1 Å². The lowest BCUT2D eigenvalue weighted by molar-refractivity contribution is -0.137. The maximum absolute atomic E-state index is 13.4. The van der Waals surface area contributed by atoms with Gasteiger partial charge in [-0.2, -0.15) is 22.9 Å². The van der Waals surface area contributed by atoms with Gasteiger partial charge in [0.15, 0.2) is 5.82 Å². The maximum Gasteiger partial charge on any atom is 0.416 e. The smallest absolute Gasteiger partial charge is 0.416 e.